The summed E-state index contributed by atoms with van der Waals surface area (Å²) in [5.41, 5.74) is 0.0267. The Balaban J connectivity index is 2.32. The largest absolute Gasteiger partial charge is 0.468 e. The van der Waals surface area contributed by atoms with E-state index in [0.29, 0.717) is 11.8 Å². The molecule has 0 spiro atoms. The third kappa shape index (κ3) is 3.69. The maximum Gasteiger partial charge on any atom is 0.325 e. The highest BCUT2D eigenvalue weighted by atomic mass is 35.5. The van der Waals surface area contributed by atoms with Crippen molar-refractivity contribution in [1.82, 2.24) is 4.90 Å². The molecule has 1 heterocycles. The van der Waals surface area contributed by atoms with Gasteiger partial charge in [-0.15, -0.1) is 0 Å². The van der Waals surface area contributed by atoms with E-state index in [-0.39, 0.29) is 21.2 Å². The zero-order chi connectivity index (χ0) is 17.1. The van der Waals surface area contributed by atoms with Gasteiger partial charge >= 0.3 is 5.97 Å². The van der Waals surface area contributed by atoms with E-state index in [9.17, 15) is 24.5 Å². The van der Waals surface area contributed by atoms with Crippen molar-refractivity contribution in [2.45, 2.75) is 0 Å². The Morgan fingerprint density at radius 2 is 2.17 bits per heavy atom. The molecule has 1 aliphatic heterocycles. The number of halogens is 1. The topological polar surface area (TPSA) is 107 Å². The Bertz CT molecular complexity index is 748. The van der Waals surface area contributed by atoms with E-state index in [2.05, 4.69) is 4.74 Å². The number of nitro benzene ring substituents is 1. The summed E-state index contributed by atoms with van der Waals surface area (Å²) in [6.45, 7) is -0.499. The highest BCUT2D eigenvalue weighted by Crippen LogP contribution is 2.34. The molecule has 23 heavy (non-hydrogen) atoms. The molecular weight excluding hydrogens is 348 g/mol. The first-order valence-electron chi connectivity index (χ1n) is 6.09. The monoisotopic (exact) mass is 356 g/mol. The van der Waals surface area contributed by atoms with Gasteiger partial charge in [-0.1, -0.05) is 11.6 Å². The lowest BCUT2D eigenvalue weighted by molar-refractivity contribution is -0.384. The van der Waals surface area contributed by atoms with Gasteiger partial charge in [-0.25, -0.2) is 0 Å². The molecule has 0 aromatic heterocycles. The number of rotatable bonds is 4. The summed E-state index contributed by atoms with van der Waals surface area (Å²) in [7, 11) is 1.14. The predicted molar refractivity (Wildman–Crippen MR) is 82.8 cm³/mol. The van der Waals surface area contributed by atoms with Crippen molar-refractivity contribution < 1.29 is 24.0 Å². The van der Waals surface area contributed by atoms with E-state index < -0.39 is 28.6 Å². The number of hydrogen-bond acceptors (Lipinski definition) is 7. The third-order valence-corrected chi connectivity index (χ3v) is 4.12. The molecule has 0 N–H and O–H groups in total. The molecule has 0 aliphatic carbocycles. The molecule has 0 saturated carbocycles. The molecule has 0 radical (unpaired) electrons. The quantitative estimate of drug-likeness (QED) is 0.353. The summed E-state index contributed by atoms with van der Waals surface area (Å²) in [6, 6.07) is 3.74. The summed E-state index contributed by atoms with van der Waals surface area (Å²) >= 11 is 6.56. The molecule has 0 atom stereocenters. The number of hydrogen-bond donors (Lipinski definition) is 0. The first kappa shape index (κ1) is 17.0. The minimum absolute atomic E-state index is 0.0151. The first-order valence-corrected chi connectivity index (χ1v) is 7.29. The van der Waals surface area contributed by atoms with Crippen LogP contribution in [-0.4, -0.2) is 40.6 Å². The second kappa shape index (κ2) is 6.80. The van der Waals surface area contributed by atoms with Crippen LogP contribution in [0, 0.1) is 10.1 Å². The number of ether oxygens (including phenoxy) is 1. The van der Waals surface area contributed by atoms with Gasteiger partial charge in [-0.2, -0.15) is 0 Å². The van der Waals surface area contributed by atoms with E-state index in [1.54, 1.807) is 0 Å². The molecule has 1 saturated heterocycles. The Hall–Kier alpha value is -2.39. The summed E-state index contributed by atoms with van der Waals surface area (Å²) in [5, 5.41) is 10.3. The molecule has 10 heteroatoms. The van der Waals surface area contributed by atoms with Gasteiger partial charge in [-0.05, 0) is 23.9 Å². The van der Waals surface area contributed by atoms with Crippen LogP contribution in [0.3, 0.4) is 0 Å². The molecule has 120 valence electrons. The van der Waals surface area contributed by atoms with Crippen molar-refractivity contribution >= 4 is 52.2 Å². The maximum atomic E-state index is 12.1. The predicted octanol–water partition coefficient (Wildman–Crippen LogP) is 2.46. The summed E-state index contributed by atoms with van der Waals surface area (Å²) in [5.74, 6) is -1.42. The Morgan fingerprint density at radius 3 is 2.78 bits per heavy atom. The van der Waals surface area contributed by atoms with Crippen LogP contribution >= 0.6 is 23.4 Å². The highest BCUT2D eigenvalue weighted by Gasteiger charge is 2.36. The molecule has 2 rings (SSSR count). The van der Waals surface area contributed by atoms with Crippen LogP contribution in [0.1, 0.15) is 5.56 Å². The number of esters is 1. The number of non-ortho nitro benzene ring substituents is 1. The van der Waals surface area contributed by atoms with Crippen LogP contribution in [0.2, 0.25) is 5.02 Å². The molecule has 1 aromatic carbocycles. The molecule has 1 aromatic rings. The van der Waals surface area contributed by atoms with Crippen LogP contribution in [0.25, 0.3) is 6.08 Å². The number of imide groups is 1. The van der Waals surface area contributed by atoms with Gasteiger partial charge in [0.2, 0.25) is 0 Å². The van der Waals surface area contributed by atoms with Gasteiger partial charge in [0.1, 0.15) is 6.54 Å². The first-order chi connectivity index (χ1) is 10.8. The number of benzene rings is 1. The van der Waals surface area contributed by atoms with E-state index in [0.717, 1.165) is 12.0 Å². The van der Waals surface area contributed by atoms with E-state index >= 15 is 0 Å². The zero-order valence-corrected chi connectivity index (χ0v) is 13.2. The lowest BCUT2D eigenvalue weighted by Gasteiger charge is -2.09. The Morgan fingerprint density at radius 1 is 1.48 bits per heavy atom. The fourth-order valence-electron chi connectivity index (χ4n) is 1.73. The summed E-state index contributed by atoms with van der Waals surface area (Å²) in [6.07, 6.45) is 1.28. The number of carbonyl (C=O) groups excluding carboxylic acids is 3. The van der Waals surface area contributed by atoms with Crippen LogP contribution in [0.4, 0.5) is 10.5 Å². The second-order valence-corrected chi connectivity index (χ2v) is 5.71. The standard InChI is InChI=1S/C13H9ClN2O6S/c1-22-11(17)6-15-12(18)10(23-13(15)19)5-7-4-8(16(20)21)2-3-9(7)14/h2-5H,6H2,1H3/b10-5-. The van der Waals surface area contributed by atoms with Crippen molar-refractivity contribution in [3.63, 3.8) is 0 Å². The van der Waals surface area contributed by atoms with Gasteiger partial charge in [0.25, 0.3) is 16.8 Å². The van der Waals surface area contributed by atoms with Gasteiger partial charge in [-0.3, -0.25) is 29.4 Å². The Labute approximate surface area is 139 Å². The molecule has 1 aliphatic rings. The number of amides is 2. The number of methoxy groups -OCH3 is 1. The van der Waals surface area contributed by atoms with Crippen molar-refractivity contribution in [1.29, 1.82) is 0 Å². The highest BCUT2D eigenvalue weighted by molar-refractivity contribution is 8.18. The average Bonchev–Trinajstić information content (AvgIpc) is 2.76. The van der Waals surface area contributed by atoms with Crippen molar-refractivity contribution in [2.75, 3.05) is 13.7 Å². The van der Waals surface area contributed by atoms with E-state index in [1.165, 1.54) is 24.3 Å². The van der Waals surface area contributed by atoms with Crippen LogP contribution < -0.4 is 0 Å². The molecule has 2 amide bonds. The van der Waals surface area contributed by atoms with E-state index in [1.807, 2.05) is 0 Å². The van der Waals surface area contributed by atoms with E-state index in [4.69, 9.17) is 11.6 Å². The minimum Gasteiger partial charge on any atom is -0.468 e. The minimum atomic E-state index is -0.734. The molecule has 0 bridgehead atoms. The number of carbonyl (C=O) groups is 3. The normalized spacial score (nSPS) is 16.1. The zero-order valence-electron chi connectivity index (χ0n) is 11.6. The summed E-state index contributed by atoms with van der Waals surface area (Å²) in [4.78, 5) is 46.0. The molecular formula is C13H9ClN2O6S. The SMILES string of the molecule is COC(=O)CN1C(=O)S/C(=C\c2cc([N+](=O)[O-])ccc2Cl)C1=O. The van der Waals surface area contributed by atoms with Gasteiger partial charge in [0, 0.05) is 22.7 Å². The van der Waals surface area contributed by atoms with Crippen LogP contribution in [0.15, 0.2) is 23.1 Å². The van der Waals surface area contributed by atoms with Crippen molar-refractivity contribution in [3.05, 3.63) is 43.8 Å². The smallest absolute Gasteiger partial charge is 0.325 e. The number of nitro groups is 1. The lowest BCUT2D eigenvalue weighted by Crippen LogP contribution is -2.34. The second-order valence-electron chi connectivity index (χ2n) is 4.31. The fraction of sp³-hybridized carbons (Fsp3) is 0.154. The maximum absolute atomic E-state index is 12.1. The van der Waals surface area contributed by atoms with Crippen molar-refractivity contribution in [2.24, 2.45) is 0 Å². The lowest BCUT2D eigenvalue weighted by atomic mass is 10.2. The molecule has 1 fully saturated rings. The fourth-order valence-corrected chi connectivity index (χ4v) is 2.73. The number of nitrogens with zero attached hydrogens (tertiary/aromatic N) is 2. The molecule has 0 unspecified atom stereocenters. The average molecular weight is 357 g/mol. The van der Waals surface area contributed by atoms with Gasteiger partial charge in [0.05, 0.1) is 16.9 Å². The Kier molecular flexibility index (Phi) is 5.02. The van der Waals surface area contributed by atoms with Crippen LogP contribution in [0.5, 0.6) is 0 Å². The molecule has 8 nitrogen and oxygen atoms in total. The van der Waals surface area contributed by atoms with Gasteiger partial charge < -0.3 is 4.74 Å². The van der Waals surface area contributed by atoms with Crippen molar-refractivity contribution in [3.8, 4) is 0 Å². The number of thioether (sulfide) groups is 1. The van der Waals surface area contributed by atoms with Crippen LogP contribution in [-0.2, 0) is 14.3 Å². The third-order valence-electron chi connectivity index (χ3n) is 2.87. The van der Waals surface area contributed by atoms with Gasteiger partial charge in [0.15, 0.2) is 0 Å². The summed E-state index contributed by atoms with van der Waals surface area (Å²) < 4.78 is 4.41.